The first-order valence-corrected chi connectivity index (χ1v) is 5.58. The van der Waals surface area contributed by atoms with E-state index in [1.54, 1.807) is 12.4 Å². The quantitative estimate of drug-likeness (QED) is 0.875. The number of nitrogens with one attached hydrogen (secondary N) is 1. The van der Waals surface area contributed by atoms with Crippen LogP contribution >= 0.6 is 0 Å². The van der Waals surface area contributed by atoms with E-state index in [0.717, 1.165) is 29.6 Å². The zero-order valence-electron chi connectivity index (χ0n) is 9.97. The van der Waals surface area contributed by atoms with Crippen LogP contribution in [0.25, 0.3) is 0 Å². The van der Waals surface area contributed by atoms with Crippen LogP contribution in [0.3, 0.4) is 0 Å². The Labute approximate surface area is 101 Å². The molecule has 0 fully saturated rings. The van der Waals surface area contributed by atoms with Gasteiger partial charge in [-0.05, 0) is 32.0 Å². The van der Waals surface area contributed by atoms with Gasteiger partial charge in [0.2, 0.25) is 0 Å². The van der Waals surface area contributed by atoms with E-state index in [2.05, 4.69) is 15.3 Å². The summed E-state index contributed by atoms with van der Waals surface area (Å²) in [7, 11) is 0. The largest absolute Gasteiger partial charge is 0.456 e. The Morgan fingerprint density at radius 2 is 2.06 bits per heavy atom. The lowest BCUT2D eigenvalue weighted by Crippen LogP contribution is -1.98. The fourth-order valence-corrected chi connectivity index (χ4v) is 1.40. The van der Waals surface area contributed by atoms with Crippen molar-refractivity contribution in [3.05, 3.63) is 42.4 Å². The minimum absolute atomic E-state index is 0.726. The molecule has 88 valence electrons. The van der Waals surface area contributed by atoms with E-state index in [1.165, 1.54) is 0 Å². The minimum Gasteiger partial charge on any atom is -0.456 e. The highest BCUT2D eigenvalue weighted by atomic mass is 16.5. The Hall–Kier alpha value is -2.10. The molecule has 4 heteroatoms. The zero-order valence-corrected chi connectivity index (χ0v) is 9.97. The summed E-state index contributed by atoms with van der Waals surface area (Å²) in [6.07, 6.45) is 3.43. The zero-order chi connectivity index (χ0) is 12.1. The van der Waals surface area contributed by atoms with Crippen molar-refractivity contribution in [3.63, 3.8) is 0 Å². The second-order valence-corrected chi connectivity index (χ2v) is 3.64. The van der Waals surface area contributed by atoms with Gasteiger partial charge in [-0.2, -0.15) is 0 Å². The first kappa shape index (κ1) is 11.4. The van der Waals surface area contributed by atoms with Crippen molar-refractivity contribution in [1.82, 2.24) is 9.97 Å². The minimum atomic E-state index is 0.726. The summed E-state index contributed by atoms with van der Waals surface area (Å²) in [4.78, 5) is 8.36. The summed E-state index contributed by atoms with van der Waals surface area (Å²) in [5.74, 6) is 2.29. The van der Waals surface area contributed by atoms with E-state index in [0.29, 0.717) is 0 Å². The maximum Gasteiger partial charge on any atom is 0.145 e. The van der Waals surface area contributed by atoms with Gasteiger partial charge in [-0.3, -0.25) is 4.98 Å². The highest BCUT2D eigenvalue weighted by molar-refractivity contribution is 5.42. The molecule has 2 aromatic heterocycles. The smallest absolute Gasteiger partial charge is 0.145 e. The standard InChI is InChI=1S/C13H15N3O/c1-3-14-13-8-11(6-7-15-13)17-12-5-4-10(2)16-9-12/h4-9H,3H2,1-2H3,(H,14,15). The lowest BCUT2D eigenvalue weighted by molar-refractivity contribution is 0.479. The third kappa shape index (κ3) is 3.17. The number of aryl methyl sites for hydroxylation is 1. The Balaban J connectivity index is 2.12. The molecule has 0 spiro atoms. The van der Waals surface area contributed by atoms with Crippen LogP contribution in [0.5, 0.6) is 11.5 Å². The third-order valence-electron chi connectivity index (χ3n) is 2.21. The maximum absolute atomic E-state index is 5.68. The van der Waals surface area contributed by atoms with E-state index in [1.807, 2.05) is 38.1 Å². The molecule has 0 unspecified atom stereocenters. The third-order valence-corrected chi connectivity index (χ3v) is 2.21. The van der Waals surface area contributed by atoms with Gasteiger partial charge in [0.1, 0.15) is 17.3 Å². The molecule has 0 aliphatic rings. The van der Waals surface area contributed by atoms with Gasteiger partial charge in [-0.1, -0.05) is 0 Å². The lowest BCUT2D eigenvalue weighted by atomic mass is 10.3. The molecule has 0 bridgehead atoms. The Morgan fingerprint density at radius 3 is 2.76 bits per heavy atom. The molecule has 1 N–H and O–H groups in total. The summed E-state index contributed by atoms with van der Waals surface area (Å²) in [6.45, 7) is 4.81. The van der Waals surface area contributed by atoms with Gasteiger partial charge in [-0.25, -0.2) is 4.98 Å². The van der Waals surface area contributed by atoms with Crippen molar-refractivity contribution in [2.24, 2.45) is 0 Å². The molecule has 0 saturated heterocycles. The second-order valence-electron chi connectivity index (χ2n) is 3.64. The maximum atomic E-state index is 5.68. The fraction of sp³-hybridized carbons (Fsp3) is 0.231. The first-order chi connectivity index (χ1) is 8.28. The van der Waals surface area contributed by atoms with Crippen LogP contribution in [0.1, 0.15) is 12.6 Å². The van der Waals surface area contributed by atoms with Crippen LogP contribution in [0.4, 0.5) is 5.82 Å². The molecule has 0 aromatic carbocycles. The SMILES string of the molecule is CCNc1cc(Oc2ccc(C)nc2)ccn1. The molecule has 0 atom stereocenters. The molecule has 4 nitrogen and oxygen atoms in total. The van der Waals surface area contributed by atoms with Crippen LogP contribution in [0, 0.1) is 6.92 Å². The second kappa shape index (κ2) is 5.30. The lowest BCUT2D eigenvalue weighted by Gasteiger charge is -2.07. The number of anilines is 1. The average Bonchev–Trinajstić information content (AvgIpc) is 2.33. The molecular formula is C13H15N3O. The molecule has 0 radical (unpaired) electrons. The number of hydrogen-bond acceptors (Lipinski definition) is 4. The first-order valence-electron chi connectivity index (χ1n) is 5.58. The number of pyridine rings is 2. The Kier molecular flexibility index (Phi) is 3.55. The van der Waals surface area contributed by atoms with Crippen molar-refractivity contribution >= 4 is 5.82 Å². The van der Waals surface area contributed by atoms with E-state index >= 15 is 0 Å². The molecule has 0 amide bonds. The van der Waals surface area contributed by atoms with Gasteiger partial charge in [-0.15, -0.1) is 0 Å². The molecule has 0 aliphatic carbocycles. The average molecular weight is 229 g/mol. The van der Waals surface area contributed by atoms with Crippen molar-refractivity contribution in [2.45, 2.75) is 13.8 Å². The topological polar surface area (TPSA) is 47.0 Å². The molecule has 0 saturated carbocycles. The summed E-state index contributed by atoms with van der Waals surface area (Å²) in [5.41, 5.74) is 0.973. The highest BCUT2D eigenvalue weighted by Crippen LogP contribution is 2.22. The monoisotopic (exact) mass is 229 g/mol. The van der Waals surface area contributed by atoms with E-state index in [-0.39, 0.29) is 0 Å². The molecular weight excluding hydrogens is 214 g/mol. The number of hydrogen-bond donors (Lipinski definition) is 1. The van der Waals surface area contributed by atoms with Crippen molar-refractivity contribution < 1.29 is 4.74 Å². The van der Waals surface area contributed by atoms with Crippen molar-refractivity contribution in [2.75, 3.05) is 11.9 Å². The highest BCUT2D eigenvalue weighted by Gasteiger charge is 1.99. The van der Waals surface area contributed by atoms with Crippen LogP contribution in [-0.2, 0) is 0 Å². The number of nitrogens with zero attached hydrogens (tertiary/aromatic N) is 2. The number of rotatable bonds is 4. The van der Waals surface area contributed by atoms with Crippen molar-refractivity contribution in [1.29, 1.82) is 0 Å². The van der Waals surface area contributed by atoms with Crippen LogP contribution < -0.4 is 10.1 Å². The Bertz CT molecular complexity index is 482. The number of ether oxygens (including phenoxy) is 1. The van der Waals surface area contributed by atoms with E-state index in [9.17, 15) is 0 Å². The van der Waals surface area contributed by atoms with Gasteiger partial charge in [0.15, 0.2) is 0 Å². The van der Waals surface area contributed by atoms with Gasteiger partial charge in [0.25, 0.3) is 0 Å². The molecule has 17 heavy (non-hydrogen) atoms. The molecule has 2 rings (SSSR count). The summed E-state index contributed by atoms with van der Waals surface area (Å²) >= 11 is 0. The normalized spacial score (nSPS) is 10.0. The molecule has 0 aliphatic heterocycles. The summed E-state index contributed by atoms with van der Waals surface area (Å²) in [6, 6.07) is 7.50. The molecule has 2 heterocycles. The van der Waals surface area contributed by atoms with Gasteiger partial charge >= 0.3 is 0 Å². The van der Waals surface area contributed by atoms with Gasteiger partial charge < -0.3 is 10.1 Å². The van der Waals surface area contributed by atoms with Gasteiger partial charge in [0.05, 0.1) is 6.20 Å². The Morgan fingerprint density at radius 1 is 1.18 bits per heavy atom. The summed E-state index contributed by atoms with van der Waals surface area (Å²) in [5, 5.41) is 3.14. The van der Waals surface area contributed by atoms with Crippen LogP contribution in [-0.4, -0.2) is 16.5 Å². The predicted octanol–water partition coefficient (Wildman–Crippen LogP) is 3.01. The van der Waals surface area contributed by atoms with Crippen LogP contribution in [0.15, 0.2) is 36.7 Å². The van der Waals surface area contributed by atoms with E-state index < -0.39 is 0 Å². The summed E-state index contributed by atoms with van der Waals surface area (Å²) < 4.78 is 5.68. The van der Waals surface area contributed by atoms with Gasteiger partial charge in [0, 0.05) is 24.5 Å². The number of aromatic nitrogens is 2. The van der Waals surface area contributed by atoms with Crippen LogP contribution in [0.2, 0.25) is 0 Å². The molecule has 2 aromatic rings. The van der Waals surface area contributed by atoms with Crippen molar-refractivity contribution in [3.8, 4) is 11.5 Å². The van der Waals surface area contributed by atoms with E-state index in [4.69, 9.17) is 4.74 Å². The fourth-order valence-electron chi connectivity index (χ4n) is 1.40. The predicted molar refractivity (Wildman–Crippen MR) is 67.4 cm³/mol.